The Labute approximate surface area is 137 Å². The number of ether oxygens (including phenoxy) is 2. The van der Waals surface area contributed by atoms with Gasteiger partial charge < -0.3 is 14.5 Å². The number of hydrogen-bond donors (Lipinski definition) is 1. The molecule has 118 valence electrons. The van der Waals surface area contributed by atoms with Gasteiger partial charge in [-0.3, -0.25) is 4.79 Å². The molecule has 0 amide bonds. The van der Waals surface area contributed by atoms with E-state index in [1.807, 2.05) is 36.6 Å². The molecule has 6 heteroatoms. The maximum Gasteiger partial charge on any atom is 0.259 e. The summed E-state index contributed by atoms with van der Waals surface area (Å²) >= 11 is 1.56. The fraction of sp³-hybridized carbons (Fsp3) is 0.176. The van der Waals surface area contributed by atoms with Crippen molar-refractivity contribution in [2.45, 2.75) is 4.90 Å². The highest BCUT2D eigenvalue weighted by Crippen LogP contribution is 2.38. The number of thioether (sulfide) groups is 1. The number of nitrogens with one attached hydrogen (secondary N) is 1. The molecule has 3 rings (SSSR count). The molecule has 0 aliphatic carbocycles. The van der Waals surface area contributed by atoms with Crippen LogP contribution in [-0.2, 0) is 0 Å². The third-order valence-corrected chi connectivity index (χ3v) is 4.33. The van der Waals surface area contributed by atoms with Crippen molar-refractivity contribution in [3.05, 3.63) is 46.8 Å². The zero-order chi connectivity index (χ0) is 16.4. The van der Waals surface area contributed by atoms with Crippen LogP contribution < -0.4 is 15.0 Å². The van der Waals surface area contributed by atoms with Crippen LogP contribution in [0.5, 0.6) is 11.5 Å². The van der Waals surface area contributed by atoms with Crippen molar-refractivity contribution in [3.63, 3.8) is 0 Å². The zero-order valence-electron chi connectivity index (χ0n) is 13.0. The molecule has 1 aromatic heterocycles. The Hall–Kier alpha value is -2.47. The smallest absolute Gasteiger partial charge is 0.259 e. The highest BCUT2D eigenvalue weighted by Gasteiger charge is 2.15. The highest BCUT2D eigenvalue weighted by molar-refractivity contribution is 7.98. The molecule has 1 N–H and O–H groups in total. The molecule has 0 spiro atoms. The Bertz CT molecular complexity index is 921. The van der Waals surface area contributed by atoms with E-state index in [4.69, 9.17) is 9.47 Å². The molecule has 3 aromatic rings. The van der Waals surface area contributed by atoms with Gasteiger partial charge in [0.25, 0.3) is 5.56 Å². The van der Waals surface area contributed by atoms with Crippen LogP contribution in [-0.4, -0.2) is 30.4 Å². The molecular formula is C17H16N2O3S. The van der Waals surface area contributed by atoms with Crippen LogP contribution in [0.4, 0.5) is 0 Å². The molecule has 23 heavy (non-hydrogen) atoms. The molecule has 1 heterocycles. The Balaban J connectivity index is 2.27. The largest absolute Gasteiger partial charge is 0.496 e. The number of methoxy groups -OCH3 is 2. The number of H-pyrrole nitrogens is 1. The lowest BCUT2D eigenvalue weighted by Crippen LogP contribution is -2.10. The standard InChI is InChI=1S/C17H16N2O3S/c1-21-13-9-15(23-3)14(22-2)8-11(13)16-18-12-7-5-4-6-10(12)17(20)19-16/h4-9H,1-3H3,(H,18,19,20). The zero-order valence-corrected chi connectivity index (χ0v) is 13.9. The predicted octanol–water partition coefficient (Wildman–Crippen LogP) is 3.33. The molecule has 0 saturated carbocycles. The van der Waals surface area contributed by atoms with Gasteiger partial charge in [0.1, 0.15) is 17.3 Å². The summed E-state index contributed by atoms with van der Waals surface area (Å²) in [7, 11) is 3.20. The number of fused-ring (bicyclic) bond motifs is 1. The quantitative estimate of drug-likeness (QED) is 0.744. The van der Waals surface area contributed by atoms with E-state index in [1.165, 1.54) is 0 Å². The first-order valence-corrected chi connectivity index (χ1v) is 8.20. The van der Waals surface area contributed by atoms with Gasteiger partial charge in [-0.1, -0.05) is 12.1 Å². The van der Waals surface area contributed by atoms with Crippen molar-refractivity contribution in [1.82, 2.24) is 9.97 Å². The van der Waals surface area contributed by atoms with Gasteiger partial charge in [0.2, 0.25) is 0 Å². The normalized spacial score (nSPS) is 10.7. The van der Waals surface area contributed by atoms with Crippen LogP contribution in [0.25, 0.3) is 22.3 Å². The Morgan fingerprint density at radius 2 is 1.83 bits per heavy atom. The number of para-hydroxylation sites is 1. The van der Waals surface area contributed by atoms with Crippen LogP contribution in [0.2, 0.25) is 0 Å². The maximum absolute atomic E-state index is 12.3. The number of rotatable bonds is 4. The number of nitrogens with zero attached hydrogens (tertiary/aromatic N) is 1. The first-order valence-electron chi connectivity index (χ1n) is 6.97. The van der Waals surface area contributed by atoms with Crippen LogP contribution >= 0.6 is 11.8 Å². The average molecular weight is 328 g/mol. The third kappa shape index (κ3) is 2.77. The molecule has 0 radical (unpaired) electrons. The van der Waals surface area contributed by atoms with Crippen molar-refractivity contribution in [2.75, 3.05) is 20.5 Å². The average Bonchev–Trinajstić information content (AvgIpc) is 2.60. The SMILES string of the molecule is COc1cc(-c2nc3ccccc3c(=O)[nH]2)c(OC)cc1SC. The first kappa shape index (κ1) is 15.4. The summed E-state index contributed by atoms with van der Waals surface area (Å²) in [5.41, 5.74) is 1.15. The Kier molecular flexibility index (Phi) is 4.25. The molecule has 0 unspecified atom stereocenters. The lowest BCUT2D eigenvalue weighted by Gasteiger charge is -2.13. The van der Waals surface area contributed by atoms with E-state index in [-0.39, 0.29) is 5.56 Å². The van der Waals surface area contributed by atoms with E-state index in [1.54, 1.807) is 32.0 Å². The van der Waals surface area contributed by atoms with Crippen molar-refractivity contribution in [2.24, 2.45) is 0 Å². The van der Waals surface area contributed by atoms with E-state index in [0.717, 1.165) is 4.90 Å². The number of hydrogen-bond acceptors (Lipinski definition) is 5. The minimum absolute atomic E-state index is 0.180. The summed E-state index contributed by atoms with van der Waals surface area (Å²) in [5, 5.41) is 0.558. The van der Waals surface area contributed by atoms with Gasteiger partial charge in [-0.2, -0.15) is 0 Å². The van der Waals surface area contributed by atoms with Gasteiger partial charge in [0.15, 0.2) is 0 Å². The summed E-state index contributed by atoms with van der Waals surface area (Å²) < 4.78 is 10.9. The number of aromatic amines is 1. The number of aromatic nitrogens is 2. The second-order valence-corrected chi connectivity index (χ2v) is 5.69. The fourth-order valence-corrected chi connectivity index (χ4v) is 3.00. The molecule has 0 atom stereocenters. The molecule has 0 fully saturated rings. The van der Waals surface area contributed by atoms with E-state index in [2.05, 4.69) is 9.97 Å². The maximum atomic E-state index is 12.3. The topological polar surface area (TPSA) is 64.2 Å². The van der Waals surface area contributed by atoms with Crippen LogP contribution in [0.1, 0.15) is 0 Å². The van der Waals surface area contributed by atoms with Gasteiger partial charge >= 0.3 is 0 Å². The fourth-order valence-electron chi connectivity index (χ4n) is 2.43. The van der Waals surface area contributed by atoms with E-state index < -0.39 is 0 Å². The van der Waals surface area contributed by atoms with E-state index >= 15 is 0 Å². The highest BCUT2D eigenvalue weighted by atomic mass is 32.2. The van der Waals surface area contributed by atoms with Crippen molar-refractivity contribution < 1.29 is 9.47 Å². The Morgan fingerprint density at radius 1 is 1.09 bits per heavy atom. The molecule has 5 nitrogen and oxygen atoms in total. The minimum atomic E-state index is -0.180. The molecule has 2 aromatic carbocycles. The Morgan fingerprint density at radius 3 is 2.52 bits per heavy atom. The summed E-state index contributed by atoms with van der Waals surface area (Å²) in [6.07, 6.45) is 1.97. The summed E-state index contributed by atoms with van der Waals surface area (Å²) in [4.78, 5) is 20.6. The van der Waals surface area contributed by atoms with Crippen LogP contribution in [0, 0.1) is 0 Å². The van der Waals surface area contributed by atoms with Crippen LogP contribution in [0.3, 0.4) is 0 Å². The van der Waals surface area contributed by atoms with Gasteiger partial charge in [-0.25, -0.2) is 4.98 Å². The molecular weight excluding hydrogens is 312 g/mol. The molecule has 0 saturated heterocycles. The van der Waals surface area contributed by atoms with Crippen molar-refractivity contribution in [1.29, 1.82) is 0 Å². The second-order valence-electron chi connectivity index (χ2n) is 4.84. The van der Waals surface area contributed by atoms with Crippen LogP contribution in [0.15, 0.2) is 46.1 Å². The molecule has 0 bridgehead atoms. The summed E-state index contributed by atoms with van der Waals surface area (Å²) in [5.74, 6) is 1.80. The van der Waals surface area contributed by atoms with Gasteiger partial charge in [-0.15, -0.1) is 11.8 Å². The summed E-state index contributed by atoms with van der Waals surface area (Å²) in [6, 6.07) is 10.9. The minimum Gasteiger partial charge on any atom is -0.496 e. The van der Waals surface area contributed by atoms with E-state index in [0.29, 0.717) is 33.8 Å². The lowest BCUT2D eigenvalue weighted by atomic mass is 10.1. The molecule has 0 aliphatic heterocycles. The van der Waals surface area contributed by atoms with Crippen molar-refractivity contribution >= 4 is 22.7 Å². The second kappa shape index (κ2) is 6.34. The predicted molar refractivity (Wildman–Crippen MR) is 92.7 cm³/mol. The molecule has 0 aliphatic rings. The third-order valence-electron chi connectivity index (χ3n) is 3.57. The van der Waals surface area contributed by atoms with Crippen molar-refractivity contribution in [3.8, 4) is 22.9 Å². The first-order chi connectivity index (χ1) is 11.2. The lowest BCUT2D eigenvalue weighted by molar-refractivity contribution is 0.395. The van der Waals surface area contributed by atoms with Gasteiger partial charge in [0.05, 0.1) is 35.6 Å². The monoisotopic (exact) mass is 328 g/mol. The van der Waals surface area contributed by atoms with E-state index in [9.17, 15) is 4.79 Å². The number of benzene rings is 2. The van der Waals surface area contributed by atoms with Gasteiger partial charge in [-0.05, 0) is 30.5 Å². The van der Waals surface area contributed by atoms with Gasteiger partial charge in [0, 0.05) is 0 Å². The summed E-state index contributed by atoms with van der Waals surface area (Å²) in [6.45, 7) is 0.